The van der Waals surface area contributed by atoms with Gasteiger partial charge < -0.3 is 19.6 Å². The fourth-order valence-electron chi connectivity index (χ4n) is 2.06. The van der Waals surface area contributed by atoms with Crippen LogP contribution < -0.4 is 10.6 Å². The maximum absolute atomic E-state index is 12.0. The van der Waals surface area contributed by atoms with Crippen LogP contribution in [-0.2, 0) is 0 Å². The van der Waals surface area contributed by atoms with Crippen molar-refractivity contribution in [2.45, 2.75) is 6.92 Å². The Labute approximate surface area is 143 Å². The smallest absolute Gasteiger partial charge is 0.316 e. The molecule has 0 aliphatic carbocycles. The number of nitrogens with zero attached hydrogens (tertiary/aromatic N) is 2. The van der Waals surface area contributed by atoms with Gasteiger partial charge in [-0.2, -0.15) is 4.98 Å². The molecule has 0 unspecified atom stereocenters. The highest BCUT2D eigenvalue weighted by atomic mass is 16.5. The average Bonchev–Trinajstić information content (AvgIpc) is 3.30. The zero-order chi connectivity index (χ0) is 17.6. The first kappa shape index (κ1) is 16.4. The van der Waals surface area contributed by atoms with E-state index in [-0.39, 0.29) is 30.6 Å². The van der Waals surface area contributed by atoms with Gasteiger partial charge in [-0.3, -0.25) is 9.59 Å². The molecule has 2 amide bonds. The van der Waals surface area contributed by atoms with E-state index < -0.39 is 5.91 Å². The van der Waals surface area contributed by atoms with Gasteiger partial charge in [-0.15, -0.1) is 0 Å². The molecule has 0 aliphatic heterocycles. The first-order valence-electron chi connectivity index (χ1n) is 7.64. The number of aryl methyl sites for hydroxylation is 1. The SMILES string of the molecule is Cc1ccc(-c2noc(C(=O)NCCNC(=O)c3ccco3)n2)cc1. The third kappa shape index (κ3) is 4.11. The lowest BCUT2D eigenvalue weighted by atomic mass is 10.1. The number of hydrogen-bond acceptors (Lipinski definition) is 6. The second kappa shape index (κ2) is 7.43. The molecule has 128 valence electrons. The Kier molecular flexibility index (Phi) is 4.89. The number of nitrogens with one attached hydrogen (secondary N) is 2. The number of benzene rings is 1. The molecule has 0 aliphatic rings. The highest BCUT2D eigenvalue weighted by Crippen LogP contribution is 2.16. The van der Waals surface area contributed by atoms with Crippen LogP contribution in [0.15, 0.2) is 51.6 Å². The van der Waals surface area contributed by atoms with E-state index in [0.717, 1.165) is 11.1 Å². The number of rotatable bonds is 6. The Morgan fingerprint density at radius 2 is 1.76 bits per heavy atom. The number of aromatic nitrogens is 2. The van der Waals surface area contributed by atoms with E-state index >= 15 is 0 Å². The molecule has 0 saturated carbocycles. The average molecular weight is 340 g/mol. The Hall–Kier alpha value is -3.42. The largest absolute Gasteiger partial charge is 0.459 e. The van der Waals surface area contributed by atoms with Crippen LogP contribution in [0, 0.1) is 6.92 Å². The number of furan rings is 1. The molecule has 25 heavy (non-hydrogen) atoms. The quantitative estimate of drug-likeness (QED) is 0.662. The minimum atomic E-state index is -0.502. The van der Waals surface area contributed by atoms with Crippen LogP contribution in [0.3, 0.4) is 0 Å². The fraction of sp³-hybridized carbons (Fsp3) is 0.176. The lowest BCUT2D eigenvalue weighted by Crippen LogP contribution is -2.34. The highest BCUT2D eigenvalue weighted by molar-refractivity contribution is 5.91. The summed E-state index contributed by atoms with van der Waals surface area (Å²) >= 11 is 0. The molecule has 2 heterocycles. The van der Waals surface area contributed by atoms with Gasteiger partial charge in [0.05, 0.1) is 6.26 Å². The van der Waals surface area contributed by atoms with Crippen LogP contribution in [0.5, 0.6) is 0 Å². The molecule has 3 rings (SSSR count). The molecule has 2 aromatic heterocycles. The van der Waals surface area contributed by atoms with E-state index in [9.17, 15) is 9.59 Å². The van der Waals surface area contributed by atoms with Crippen LogP contribution in [-0.4, -0.2) is 35.0 Å². The van der Waals surface area contributed by atoms with E-state index in [1.807, 2.05) is 31.2 Å². The van der Waals surface area contributed by atoms with Gasteiger partial charge in [0.25, 0.3) is 5.91 Å². The van der Waals surface area contributed by atoms with Crippen LogP contribution in [0.1, 0.15) is 26.8 Å². The molecule has 0 spiro atoms. The number of amides is 2. The third-order valence-electron chi connectivity index (χ3n) is 3.37. The van der Waals surface area contributed by atoms with Gasteiger partial charge in [-0.05, 0) is 19.1 Å². The number of carbonyl (C=O) groups excluding carboxylic acids is 2. The van der Waals surface area contributed by atoms with Crippen LogP contribution in [0.25, 0.3) is 11.4 Å². The summed E-state index contributed by atoms with van der Waals surface area (Å²) in [5.74, 6) is -0.424. The molecule has 1 aromatic carbocycles. The van der Waals surface area contributed by atoms with E-state index in [0.29, 0.717) is 5.82 Å². The van der Waals surface area contributed by atoms with E-state index in [1.165, 1.54) is 6.26 Å². The van der Waals surface area contributed by atoms with Crippen molar-refractivity contribution in [2.24, 2.45) is 0 Å². The third-order valence-corrected chi connectivity index (χ3v) is 3.37. The number of hydrogen-bond donors (Lipinski definition) is 2. The molecule has 2 N–H and O–H groups in total. The molecule has 0 fully saturated rings. The first-order chi connectivity index (χ1) is 12.1. The van der Waals surface area contributed by atoms with Crippen LogP contribution in [0.4, 0.5) is 0 Å². The molecule has 8 heteroatoms. The maximum atomic E-state index is 12.0. The van der Waals surface area contributed by atoms with Gasteiger partial charge in [0.1, 0.15) is 0 Å². The van der Waals surface area contributed by atoms with Crippen molar-refractivity contribution < 1.29 is 18.5 Å². The van der Waals surface area contributed by atoms with Crippen molar-refractivity contribution in [1.82, 2.24) is 20.8 Å². The molecule has 0 saturated heterocycles. The van der Waals surface area contributed by atoms with Gasteiger partial charge in [-0.25, -0.2) is 0 Å². The summed E-state index contributed by atoms with van der Waals surface area (Å²) in [5, 5.41) is 9.01. The summed E-state index contributed by atoms with van der Waals surface area (Å²) in [4.78, 5) is 27.7. The summed E-state index contributed by atoms with van der Waals surface area (Å²) in [6.07, 6.45) is 1.41. The van der Waals surface area contributed by atoms with Gasteiger partial charge in [0, 0.05) is 18.7 Å². The second-order valence-electron chi connectivity index (χ2n) is 5.28. The van der Waals surface area contributed by atoms with Crippen molar-refractivity contribution in [3.63, 3.8) is 0 Å². The summed E-state index contributed by atoms with van der Waals surface area (Å²) in [6.45, 7) is 2.43. The maximum Gasteiger partial charge on any atom is 0.316 e. The predicted octanol–water partition coefficient (Wildman–Crippen LogP) is 1.80. The lowest BCUT2D eigenvalue weighted by Gasteiger charge is -2.03. The summed E-state index contributed by atoms with van der Waals surface area (Å²) < 4.78 is 9.93. The number of carbonyl (C=O) groups is 2. The minimum Gasteiger partial charge on any atom is -0.459 e. The van der Waals surface area contributed by atoms with Crippen molar-refractivity contribution in [3.8, 4) is 11.4 Å². The van der Waals surface area contributed by atoms with Gasteiger partial charge in [0.2, 0.25) is 5.82 Å². The Bertz CT molecular complexity index is 853. The topological polar surface area (TPSA) is 110 Å². The second-order valence-corrected chi connectivity index (χ2v) is 5.28. The summed E-state index contributed by atoms with van der Waals surface area (Å²) in [5.41, 5.74) is 1.88. The molecule has 0 atom stereocenters. The van der Waals surface area contributed by atoms with Crippen molar-refractivity contribution in [2.75, 3.05) is 13.1 Å². The van der Waals surface area contributed by atoms with Gasteiger partial charge in [-0.1, -0.05) is 35.0 Å². The standard InChI is InChI=1S/C17H16N4O4/c1-11-4-6-12(7-5-11)14-20-17(25-21-14)16(23)19-9-8-18-15(22)13-3-2-10-24-13/h2-7,10H,8-9H2,1H3,(H,18,22)(H,19,23). The first-order valence-corrected chi connectivity index (χ1v) is 7.64. The van der Waals surface area contributed by atoms with Gasteiger partial charge in [0.15, 0.2) is 5.76 Å². The van der Waals surface area contributed by atoms with E-state index in [4.69, 9.17) is 8.94 Å². The van der Waals surface area contributed by atoms with Gasteiger partial charge >= 0.3 is 11.8 Å². The van der Waals surface area contributed by atoms with Crippen LogP contribution in [0.2, 0.25) is 0 Å². The predicted molar refractivity (Wildman–Crippen MR) is 87.8 cm³/mol. The van der Waals surface area contributed by atoms with E-state index in [1.54, 1.807) is 12.1 Å². The zero-order valence-corrected chi connectivity index (χ0v) is 13.5. The minimum absolute atomic E-state index is 0.132. The molecular weight excluding hydrogens is 324 g/mol. The Morgan fingerprint density at radius 1 is 1.04 bits per heavy atom. The normalized spacial score (nSPS) is 10.4. The molecule has 3 aromatic rings. The summed E-state index contributed by atoms with van der Waals surface area (Å²) in [7, 11) is 0. The van der Waals surface area contributed by atoms with Crippen LogP contribution >= 0.6 is 0 Å². The Morgan fingerprint density at radius 3 is 2.44 bits per heavy atom. The molecule has 0 radical (unpaired) electrons. The Balaban J connectivity index is 1.49. The molecule has 8 nitrogen and oxygen atoms in total. The van der Waals surface area contributed by atoms with E-state index in [2.05, 4.69) is 20.8 Å². The van der Waals surface area contributed by atoms with Crippen molar-refractivity contribution >= 4 is 11.8 Å². The zero-order valence-electron chi connectivity index (χ0n) is 13.5. The van der Waals surface area contributed by atoms with Crippen molar-refractivity contribution in [3.05, 3.63) is 59.9 Å². The lowest BCUT2D eigenvalue weighted by molar-refractivity contribution is 0.0891. The molecule has 0 bridgehead atoms. The van der Waals surface area contributed by atoms with Crippen molar-refractivity contribution in [1.29, 1.82) is 0 Å². The summed E-state index contributed by atoms with van der Waals surface area (Å²) in [6, 6.07) is 10.7. The fourth-order valence-corrected chi connectivity index (χ4v) is 2.06. The highest BCUT2D eigenvalue weighted by Gasteiger charge is 2.16. The molecular formula is C17H16N4O4. The monoisotopic (exact) mass is 340 g/mol.